The van der Waals surface area contributed by atoms with Crippen LogP contribution in [0.25, 0.3) is 11.4 Å². The standard InChI is InChI=1S/C16H22N4O/c1-16(2,3)14-13(18-9-8-17)10-19-15(20-14)11-4-6-12(21)7-5-11/h4-7,10,18,21H,8-9,17H2,1-3H3. The summed E-state index contributed by atoms with van der Waals surface area (Å²) in [5.41, 5.74) is 8.18. The van der Waals surface area contributed by atoms with Gasteiger partial charge in [-0.25, -0.2) is 9.97 Å². The van der Waals surface area contributed by atoms with Gasteiger partial charge in [-0.2, -0.15) is 0 Å². The maximum atomic E-state index is 9.37. The molecule has 0 fully saturated rings. The molecule has 0 atom stereocenters. The van der Waals surface area contributed by atoms with Crippen molar-refractivity contribution in [2.24, 2.45) is 5.73 Å². The van der Waals surface area contributed by atoms with Gasteiger partial charge in [0.25, 0.3) is 0 Å². The van der Waals surface area contributed by atoms with Crippen LogP contribution in [0.3, 0.4) is 0 Å². The lowest BCUT2D eigenvalue weighted by atomic mass is 9.90. The van der Waals surface area contributed by atoms with E-state index in [0.29, 0.717) is 18.9 Å². The van der Waals surface area contributed by atoms with Gasteiger partial charge in [-0.3, -0.25) is 0 Å². The fraction of sp³-hybridized carbons (Fsp3) is 0.375. The zero-order valence-corrected chi connectivity index (χ0v) is 12.7. The second-order valence-electron chi connectivity index (χ2n) is 5.97. The van der Waals surface area contributed by atoms with Crippen molar-refractivity contribution < 1.29 is 5.11 Å². The van der Waals surface area contributed by atoms with Crippen molar-refractivity contribution >= 4 is 5.69 Å². The smallest absolute Gasteiger partial charge is 0.159 e. The zero-order chi connectivity index (χ0) is 15.5. The minimum Gasteiger partial charge on any atom is -0.508 e. The highest BCUT2D eigenvalue weighted by atomic mass is 16.3. The summed E-state index contributed by atoms with van der Waals surface area (Å²) < 4.78 is 0. The number of nitrogens with one attached hydrogen (secondary N) is 1. The third-order valence-corrected chi connectivity index (χ3v) is 3.08. The topological polar surface area (TPSA) is 84.1 Å². The van der Waals surface area contributed by atoms with Crippen LogP contribution in [0.5, 0.6) is 5.75 Å². The summed E-state index contributed by atoms with van der Waals surface area (Å²) >= 11 is 0. The van der Waals surface area contributed by atoms with E-state index >= 15 is 0 Å². The quantitative estimate of drug-likeness (QED) is 0.804. The van der Waals surface area contributed by atoms with Crippen molar-refractivity contribution in [1.29, 1.82) is 0 Å². The van der Waals surface area contributed by atoms with Crippen molar-refractivity contribution in [3.8, 4) is 17.1 Å². The molecule has 4 N–H and O–H groups in total. The Morgan fingerprint density at radius 2 is 1.86 bits per heavy atom. The number of hydrogen-bond acceptors (Lipinski definition) is 5. The molecule has 0 spiro atoms. The Kier molecular flexibility index (Phi) is 4.43. The zero-order valence-electron chi connectivity index (χ0n) is 12.7. The number of rotatable bonds is 4. The van der Waals surface area contributed by atoms with Crippen molar-refractivity contribution in [1.82, 2.24) is 9.97 Å². The van der Waals surface area contributed by atoms with Gasteiger partial charge in [0.05, 0.1) is 17.6 Å². The average Bonchev–Trinajstić information content (AvgIpc) is 2.45. The second-order valence-corrected chi connectivity index (χ2v) is 5.97. The van der Waals surface area contributed by atoms with Gasteiger partial charge >= 0.3 is 0 Å². The third-order valence-electron chi connectivity index (χ3n) is 3.08. The molecule has 2 rings (SSSR count). The number of nitrogens with zero attached hydrogens (tertiary/aromatic N) is 2. The first-order valence-corrected chi connectivity index (χ1v) is 7.02. The summed E-state index contributed by atoms with van der Waals surface area (Å²) in [5.74, 6) is 0.884. The summed E-state index contributed by atoms with van der Waals surface area (Å²) in [4.78, 5) is 9.11. The van der Waals surface area contributed by atoms with Crippen molar-refractivity contribution in [2.45, 2.75) is 26.2 Å². The van der Waals surface area contributed by atoms with Crippen LogP contribution in [0, 0.1) is 0 Å². The molecule has 0 bridgehead atoms. The Morgan fingerprint density at radius 3 is 2.43 bits per heavy atom. The van der Waals surface area contributed by atoms with Gasteiger partial charge < -0.3 is 16.2 Å². The van der Waals surface area contributed by atoms with E-state index in [1.807, 2.05) is 12.1 Å². The molecule has 0 saturated carbocycles. The van der Waals surface area contributed by atoms with E-state index in [0.717, 1.165) is 16.9 Å². The van der Waals surface area contributed by atoms with Crippen LogP contribution in [-0.4, -0.2) is 28.2 Å². The maximum Gasteiger partial charge on any atom is 0.159 e. The predicted molar refractivity (Wildman–Crippen MR) is 85.4 cm³/mol. The van der Waals surface area contributed by atoms with Crippen LogP contribution < -0.4 is 11.1 Å². The first kappa shape index (κ1) is 15.3. The van der Waals surface area contributed by atoms with Gasteiger partial charge in [-0.15, -0.1) is 0 Å². The van der Waals surface area contributed by atoms with Gasteiger partial charge in [0, 0.05) is 24.1 Å². The Bertz CT molecular complexity index is 603. The molecular formula is C16H22N4O. The SMILES string of the molecule is CC(C)(C)c1nc(-c2ccc(O)cc2)ncc1NCCN. The minimum absolute atomic E-state index is 0.106. The molecule has 21 heavy (non-hydrogen) atoms. The summed E-state index contributed by atoms with van der Waals surface area (Å²) in [6, 6.07) is 6.89. The van der Waals surface area contributed by atoms with Crippen LogP contribution in [0.15, 0.2) is 30.5 Å². The highest BCUT2D eigenvalue weighted by Crippen LogP contribution is 2.29. The molecule has 1 heterocycles. The van der Waals surface area contributed by atoms with Crippen LogP contribution in [0.2, 0.25) is 0 Å². The maximum absolute atomic E-state index is 9.37. The minimum atomic E-state index is -0.106. The van der Waals surface area contributed by atoms with Gasteiger partial charge in [0.1, 0.15) is 5.75 Å². The molecule has 0 saturated heterocycles. The van der Waals surface area contributed by atoms with Crippen LogP contribution in [-0.2, 0) is 5.41 Å². The lowest BCUT2D eigenvalue weighted by Gasteiger charge is -2.22. The summed E-state index contributed by atoms with van der Waals surface area (Å²) in [6.45, 7) is 7.59. The number of hydrogen-bond donors (Lipinski definition) is 3. The van der Waals surface area contributed by atoms with Gasteiger partial charge in [-0.05, 0) is 24.3 Å². The first-order chi connectivity index (χ1) is 9.91. The third kappa shape index (κ3) is 3.70. The highest BCUT2D eigenvalue weighted by Gasteiger charge is 2.21. The number of aromatic hydroxyl groups is 1. The molecule has 5 nitrogen and oxygen atoms in total. The van der Waals surface area contributed by atoms with Crippen LogP contribution in [0.4, 0.5) is 5.69 Å². The van der Waals surface area contributed by atoms with E-state index in [1.54, 1.807) is 18.3 Å². The normalized spacial score (nSPS) is 11.4. The van der Waals surface area contributed by atoms with E-state index in [2.05, 4.69) is 31.1 Å². The molecule has 0 aliphatic rings. The number of phenolic OH excluding ortho intramolecular Hbond substituents is 1. The molecule has 112 valence electrons. The number of nitrogens with two attached hydrogens (primary N) is 1. The average molecular weight is 286 g/mol. The van der Waals surface area contributed by atoms with E-state index < -0.39 is 0 Å². The Balaban J connectivity index is 2.43. The first-order valence-electron chi connectivity index (χ1n) is 7.02. The molecule has 1 aromatic carbocycles. The van der Waals surface area contributed by atoms with Gasteiger partial charge in [-0.1, -0.05) is 20.8 Å². The lowest BCUT2D eigenvalue weighted by Crippen LogP contribution is -2.21. The Morgan fingerprint density at radius 1 is 1.19 bits per heavy atom. The number of phenols is 1. The largest absolute Gasteiger partial charge is 0.508 e. The second kappa shape index (κ2) is 6.10. The molecular weight excluding hydrogens is 264 g/mol. The monoisotopic (exact) mass is 286 g/mol. The van der Waals surface area contributed by atoms with Gasteiger partial charge in [0.2, 0.25) is 0 Å². The summed E-state index contributed by atoms with van der Waals surface area (Å²) in [6.07, 6.45) is 1.80. The van der Waals surface area contributed by atoms with Crippen LogP contribution >= 0.6 is 0 Å². The molecule has 2 aromatic rings. The molecule has 0 unspecified atom stereocenters. The summed E-state index contributed by atoms with van der Waals surface area (Å²) in [7, 11) is 0. The molecule has 0 radical (unpaired) electrons. The Hall–Kier alpha value is -2.14. The lowest BCUT2D eigenvalue weighted by molar-refractivity contribution is 0.475. The van der Waals surface area contributed by atoms with Crippen molar-refractivity contribution in [3.63, 3.8) is 0 Å². The molecule has 0 aliphatic carbocycles. The van der Waals surface area contributed by atoms with E-state index in [9.17, 15) is 5.11 Å². The summed E-state index contributed by atoms with van der Waals surface area (Å²) in [5, 5.41) is 12.6. The fourth-order valence-electron chi connectivity index (χ4n) is 2.04. The van der Waals surface area contributed by atoms with Gasteiger partial charge in [0.15, 0.2) is 5.82 Å². The Labute approximate surface area is 125 Å². The number of benzene rings is 1. The van der Waals surface area contributed by atoms with Crippen molar-refractivity contribution in [2.75, 3.05) is 18.4 Å². The van der Waals surface area contributed by atoms with Crippen LogP contribution in [0.1, 0.15) is 26.5 Å². The molecule has 1 aromatic heterocycles. The van der Waals surface area contributed by atoms with Crippen molar-refractivity contribution in [3.05, 3.63) is 36.2 Å². The molecule has 0 aliphatic heterocycles. The highest BCUT2D eigenvalue weighted by molar-refractivity contribution is 5.60. The molecule has 5 heteroatoms. The number of aromatic nitrogens is 2. The van der Waals surface area contributed by atoms with E-state index in [-0.39, 0.29) is 11.2 Å². The molecule has 0 amide bonds. The van der Waals surface area contributed by atoms with E-state index in [4.69, 9.17) is 10.7 Å². The predicted octanol–water partition coefficient (Wildman–Crippen LogP) is 2.52. The number of anilines is 1. The fourth-order valence-corrected chi connectivity index (χ4v) is 2.04. The van der Waals surface area contributed by atoms with E-state index in [1.165, 1.54) is 0 Å².